The van der Waals surface area contributed by atoms with Gasteiger partial charge < -0.3 is 19.3 Å². The van der Waals surface area contributed by atoms with Crippen molar-refractivity contribution in [3.8, 4) is 17.2 Å². The molecule has 1 aliphatic rings. The molecule has 6 heteroatoms. The van der Waals surface area contributed by atoms with Gasteiger partial charge in [-0.2, -0.15) is 4.98 Å². The molecule has 0 aliphatic carbocycles. The van der Waals surface area contributed by atoms with Crippen molar-refractivity contribution in [1.82, 2.24) is 0 Å². The molecule has 2 heterocycles. The van der Waals surface area contributed by atoms with E-state index in [-0.39, 0.29) is 24.6 Å². The number of benzene rings is 4. The summed E-state index contributed by atoms with van der Waals surface area (Å²) in [5, 5.41) is 13.1. The van der Waals surface area contributed by atoms with Crippen LogP contribution in [0.3, 0.4) is 0 Å². The monoisotopic (exact) mass is 412 g/mol. The van der Waals surface area contributed by atoms with Gasteiger partial charge in [-0.05, 0) is 48.5 Å². The van der Waals surface area contributed by atoms with Crippen LogP contribution in [0.5, 0.6) is 5.75 Å². The summed E-state index contributed by atoms with van der Waals surface area (Å²) in [4.78, 5) is 7.52. The predicted molar refractivity (Wildman–Crippen MR) is 120 cm³/mol. The standard InChI is InChI=1S/C26H19N3O2.Li/c1-28-20-9-3-5-11-22(20)29(23-12-6-4-10-21(23)28)17-14-15-18(24(30)16-17)26-27-19-8-2-7-13-25(19)31-26;/h2-16,30H,1H3;/q;+1. The normalized spacial score (nSPS) is 12.3. The molecule has 0 unspecified atom stereocenters. The van der Waals surface area contributed by atoms with E-state index in [2.05, 4.69) is 46.1 Å². The van der Waals surface area contributed by atoms with E-state index in [0.717, 1.165) is 39.5 Å². The zero-order valence-electron chi connectivity index (χ0n) is 17.9. The van der Waals surface area contributed by atoms with E-state index in [9.17, 15) is 5.11 Å². The molecular weight excluding hydrogens is 393 g/mol. The number of hydrogen-bond acceptors (Lipinski definition) is 4. The number of rotatable bonds is 2. The number of aromatic nitrogens is 1. The molecule has 1 N–H and O–H groups in total. The smallest absolute Gasteiger partial charge is 0.872 e. The Bertz CT molecular complexity index is 1370. The van der Waals surface area contributed by atoms with Crippen LogP contribution in [0.4, 0.5) is 28.4 Å². The second kappa shape index (κ2) is 7.80. The number of nitrogens with zero attached hydrogens (tertiary/aromatic N) is 2. The number of aromatic amines is 1. The van der Waals surface area contributed by atoms with Gasteiger partial charge in [0.2, 0.25) is 11.1 Å². The number of oxazole rings is 1. The fraction of sp³-hybridized carbons (Fsp3) is 0.0385. The molecule has 0 radical (unpaired) electrons. The molecule has 1 aromatic heterocycles. The fourth-order valence-electron chi connectivity index (χ4n) is 4.29. The fourth-order valence-corrected chi connectivity index (χ4v) is 4.29. The largest absolute Gasteiger partial charge is 1.00 e. The number of H-pyrrole nitrogens is 1. The first-order valence-electron chi connectivity index (χ1n) is 10.1. The van der Waals surface area contributed by atoms with Gasteiger partial charge in [-0.3, -0.25) is 0 Å². The zero-order chi connectivity index (χ0) is 20.9. The zero-order valence-corrected chi connectivity index (χ0v) is 17.9. The van der Waals surface area contributed by atoms with Crippen LogP contribution in [0.2, 0.25) is 0 Å². The summed E-state index contributed by atoms with van der Waals surface area (Å²) in [5.41, 5.74) is 7.16. The molecule has 0 spiro atoms. The van der Waals surface area contributed by atoms with Crippen LogP contribution in [0, 0.1) is 0 Å². The van der Waals surface area contributed by atoms with Crippen LogP contribution in [-0.4, -0.2) is 7.05 Å². The van der Waals surface area contributed by atoms with Crippen LogP contribution < -0.4 is 38.8 Å². The predicted octanol–water partition coefficient (Wildman–Crippen LogP) is 2.54. The van der Waals surface area contributed by atoms with Gasteiger partial charge >= 0.3 is 24.8 Å². The van der Waals surface area contributed by atoms with Gasteiger partial charge in [-0.25, -0.2) is 0 Å². The van der Waals surface area contributed by atoms with Crippen molar-refractivity contribution < 1.29 is 33.4 Å². The average Bonchev–Trinajstić information content (AvgIpc) is 3.23. The third kappa shape index (κ3) is 3.06. The Balaban J connectivity index is 0.00000216. The van der Waals surface area contributed by atoms with Crippen molar-refractivity contribution in [3.05, 3.63) is 91.0 Å². The summed E-state index contributed by atoms with van der Waals surface area (Å²) in [6, 6.07) is 29.6. The van der Waals surface area contributed by atoms with Gasteiger partial charge in [0.25, 0.3) is 0 Å². The maximum atomic E-state index is 13.1. The molecule has 5 nitrogen and oxygen atoms in total. The Kier molecular flexibility index (Phi) is 4.94. The third-order valence-corrected chi connectivity index (χ3v) is 5.78. The van der Waals surface area contributed by atoms with Crippen LogP contribution in [0.15, 0.2) is 95.4 Å². The number of nitrogens with one attached hydrogen (secondary N) is 1. The van der Waals surface area contributed by atoms with Crippen molar-refractivity contribution in [2.75, 3.05) is 16.8 Å². The van der Waals surface area contributed by atoms with E-state index in [1.165, 1.54) is 0 Å². The molecule has 5 aromatic rings. The van der Waals surface area contributed by atoms with Gasteiger partial charge in [-0.15, -0.1) is 0 Å². The summed E-state index contributed by atoms with van der Waals surface area (Å²) in [6.45, 7) is 0. The Morgan fingerprint density at radius 3 is 1.97 bits per heavy atom. The molecule has 0 saturated heterocycles. The summed E-state index contributed by atoms with van der Waals surface area (Å²) >= 11 is 0. The van der Waals surface area contributed by atoms with Gasteiger partial charge in [0.1, 0.15) is 0 Å². The van der Waals surface area contributed by atoms with Gasteiger partial charge in [0.15, 0.2) is 0 Å². The SMILES string of the molecule is CN1c2ccccc2N(c2ccc(-c3[nH+]c4ccccc4o3)c([O-])c2)c2ccccc21.[Li+]. The summed E-state index contributed by atoms with van der Waals surface area (Å²) in [7, 11) is 2.06. The van der Waals surface area contributed by atoms with Crippen LogP contribution in [-0.2, 0) is 0 Å². The molecule has 1 aliphatic heterocycles. The van der Waals surface area contributed by atoms with E-state index in [1.54, 1.807) is 6.07 Å². The minimum Gasteiger partial charge on any atom is -0.872 e. The number of fused-ring (bicyclic) bond motifs is 3. The van der Waals surface area contributed by atoms with Crippen molar-refractivity contribution in [3.63, 3.8) is 0 Å². The minimum atomic E-state index is -0.0957. The molecule has 4 aromatic carbocycles. The van der Waals surface area contributed by atoms with E-state index in [0.29, 0.717) is 11.5 Å². The van der Waals surface area contributed by atoms with Gasteiger partial charge in [0.05, 0.1) is 28.3 Å². The number of anilines is 5. The van der Waals surface area contributed by atoms with Gasteiger partial charge in [-0.1, -0.05) is 42.1 Å². The Morgan fingerprint density at radius 1 is 0.750 bits per heavy atom. The summed E-state index contributed by atoms with van der Waals surface area (Å²) in [6.07, 6.45) is 0. The van der Waals surface area contributed by atoms with E-state index >= 15 is 0 Å². The second-order valence-corrected chi connectivity index (χ2v) is 7.60. The molecule has 0 amide bonds. The van der Waals surface area contributed by atoms with E-state index in [1.807, 2.05) is 60.7 Å². The first kappa shape index (κ1) is 20.3. The van der Waals surface area contributed by atoms with Crippen LogP contribution in [0.1, 0.15) is 0 Å². The first-order chi connectivity index (χ1) is 15.2. The molecule has 0 bridgehead atoms. The van der Waals surface area contributed by atoms with Crippen LogP contribution >= 0.6 is 0 Å². The van der Waals surface area contributed by atoms with Crippen molar-refractivity contribution in [1.29, 1.82) is 0 Å². The topological polar surface area (TPSA) is 56.8 Å². The molecular formula is C26H19LiN3O2+. The second-order valence-electron chi connectivity index (χ2n) is 7.60. The average molecular weight is 412 g/mol. The number of para-hydroxylation sites is 6. The molecule has 6 rings (SSSR count). The molecule has 0 saturated carbocycles. The van der Waals surface area contributed by atoms with Crippen LogP contribution in [0.25, 0.3) is 22.6 Å². The quantitative estimate of drug-likeness (QED) is 0.418. The molecule has 32 heavy (non-hydrogen) atoms. The summed E-state index contributed by atoms with van der Waals surface area (Å²) < 4.78 is 5.87. The maximum absolute atomic E-state index is 13.1. The Morgan fingerprint density at radius 2 is 1.34 bits per heavy atom. The Labute approximate surface area is 197 Å². The first-order valence-corrected chi connectivity index (χ1v) is 10.1. The Hall–Kier alpha value is -3.65. The van der Waals surface area contributed by atoms with E-state index < -0.39 is 0 Å². The molecule has 0 atom stereocenters. The molecule has 150 valence electrons. The van der Waals surface area contributed by atoms with Crippen molar-refractivity contribution in [2.45, 2.75) is 0 Å². The third-order valence-electron chi connectivity index (χ3n) is 5.78. The van der Waals surface area contributed by atoms with Crippen molar-refractivity contribution in [2.24, 2.45) is 0 Å². The minimum absolute atomic E-state index is 0. The number of hydrogen-bond donors (Lipinski definition) is 0. The maximum Gasteiger partial charge on any atom is 1.00 e. The summed E-state index contributed by atoms with van der Waals surface area (Å²) in [5.74, 6) is 0.374. The van der Waals surface area contributed by atoms with Crippen molar-refractivity contribution >= 4 is 39.5 Å². The van der Waals surface area contributed by atoms with Gasteiger partial charge in [0, 0.05) is 18.8 Å². The molecule has 0 fully saturated rings. The van der Waals surface area contributed by atoms with E-state index in [4.69, 9.17) is 4.42 Å².